The van der Waals surface area contributed by atoms with Gasteiger partial charge in [0, 0.05) is 52.2 Å². The topological polar surface area (TPSA) is 140 Å². The molecule has 0 aliphatic carbocycles. The SMILES string of the molecule is Cc1[nH]c(/C=C2\C(=O)Nc3ccc(S(=O)Cc4ccccc4F)cc32)c(C)c1C(=O)N1CCC(N)CC1.O. The van der Waals surface area contributed by atoms with Gasteiger partial charge in [-0.1, -0.05) is 18.2 Å². The van der Waals surface area contributed by atoms with Crippen molar-refractivity contribution in [3.05, 3.63) is 81.9 Å². The average Bonchev–Trinajstić information content (AvgIpc) is 3.34. The Bertz CT molecular complexity index is 1460. The zero-order chi connectivity index (χ0) is 26.3. The summed E-state index contributed by atoms with van der Waals surface area (Å²) < 4.78 is 27.1. The van der Waals surface area contributed by atoms with Crippen LogP contribution >= 0.6 is 0 Å². The minimum atomic E-state index is -1.50. The lowest BCUT2D eigenvalue weighted by Crippen LogP contribution is -2.43. The Labute approximate surface area is 222 Å². The van der Waals surface area contributed by atoms with E-state index in [1.54, 1.807) is 42.5 Å². The van der Waals surface area contributed by atoms with Crippen LogP contribution in [0.2, 0.25) is 0 Å². The van der Waals surface area contributed by atoms with Gasteiger partial charge in [-0.05, 0) is 62.6 Å². The molecule has 38 heavy (non-hydrogen) atoms. The maximum atomic E-state index is 14.1. The first-order chi connectivity index (χ1) is 17.7. The highest BCUT2D eigenvalue weighted by Gasteiger charge is 2.29. The number of nitrogens with zero attached hydrogens (tertiary/aromatic N) is 1. The molecular formula is C28H31FN4O4S. The van der Waals surface area contributed by atoms with Crippen LogP contribution in [0.1, 0.15) is 51.3 Å². The molecule has 0 bridgehead atoms. The third-order valence-corrected chi connectivity index (χ3v) is 8.44. The van der Waals surface area contributed by atoms with Gasteiger partial charge < -0.3 is 26.4 Å². The number of H-pyrrole nitrogens is 1. The van der Waals surface area contributed by atoms with Crippen molar-refractivity contribution in [3.8, 4) is 0 Å². The van der Waals surface area contributed by atoms with Crippen molar-refractivity contribution in [2.75, 3.05) is 18.4 Å². The van der Waals surface area contributed by atoms with E-state index in [2.05, 4.69) is 10.3 Å². The Balaban J connectivity index is 0.00000336. The van der Waals surface area contributed by atoms with Crippen LogP contribution in [0, 0.1) is 19.7 Å². The van der Waals surface area contributed by atoms with Gasteiger partial charge in [-0.2, -0.15) is 0 Å². The van der Waals surface area contributed by atoms with Crippen molar-refractivity contribution >= 4 is 40.0 Å². The molecule has 2 aliphatic rings. The van der Waals surface area contributed by atoms with E-state index in [9.17, 15) is 18.2 Å². The second kappa shape index (κ2) is 11.0. The van der Waals surface area contributed by atoms with E-state index >= 15 is 0 Å². The first-order valence-electron chi connectivity index (χ1n) is 12.3. The Kier molecular flexibility index (Phi) is 7.96. The van der Waals surface area contributed by atoms with Crippen molar-refractivity contribution in [1.29, 1.82) is 0 Å². The van der Waals surface area contributed by atoms with E-state index < -0.39 is 16.6 Å². The largest absolute Gasteiger partial charge is 0.412 e. The number of amides is 2. The van der Waals surface area contributed by atoms with Crippen LogP contribution in [-0.4, -0.2) is 50.5 Å². The van der Waals surface area contributed by atoms with Gasteiger partial charge >= 0.3 is 0 Å². The molecular weight excluding hydrogens is 507 g/mol. The van der Waals surface area contributed by atoms with Crippen LogP contribution in [0.25, 0.3) is 11.6 Å². The summed E-state index contributed by atoms with van der Waals surface area (Å²) in [4.78, 5) is 31.7. The van der Waals surface area contributed by atoms with Crippen LogP contribution in [0.5, 0.6) is 0 Å². The number of hydrogen-bond donors (Lipinski definition) is 3. The molecule has 1 atom stereocenters. The third-order valence-electron chi connectivity index (χ3n) is 7.09. The van der Waals surface area contributed by atoms with Gasteiger partial charge in [-0.15, -0.1) is 0 Å². The summed E-state index contributed by atoms with van der Waals surface area (Å²) in [7, 11) is -1.50. The standard InChI is InChI=1S/C28H29FN4O3S.H2O/c1-16-25(31-17(2)26(16)28(35)33-11-9-19(30)10-12-33)14-22-21-13-20(7-8-24(21)32-27(22)34)37(36)15-18-5-3-4-6-23(18)29;/h3-8,13-14,19,31H,9-12,15,30H2,1-2H3,(H,32,34);1H2/b22-14-;. The van der Waals surface area contributed by atoms with Crippen LogP contribution < -0.4 is 11.1 Å². The van der Waals surface area contributed by atoms with Gasteiger partial charge in [0.2, 0.25) is 0 Å². The maximum absolute atomic E-state index is 14.1. The second-order valence-electron chi connectivity index (χ2n) is 9.59. The van der Waals surface area contributed by atoms with Crippen molar-refractivity contribution < 1.29 is 23.7 Å². The number of aromatic nitrogens is 1. The molecule has 2 aliphatic heterocycles. The first kappa shape index (κ1) is 27.4. The van der Waals surface area contributed by atoms with Crippen molar-refractivity contribution in [3.63, 3.8) is 0 Å². The van der Waals surface area contributed by atoms with E-state index in [-0.39, 0.29) is 29.1 Å². The minimum absolute atomic E-state index is 0. The fourth-order valence-electron chi connectivity index (χ4n) is 4.94. The van der Waals surface area contributed by atoms with Gasteiger partial charge in [0.15, 0.2) is 0 Å². The summed E-state index contributed by atoms with van der Waals surface area (Å²) in [6.45, 7) is 4.98. The molecule has 2 amide bonds. The number of piperidine rings is 1. The Hall–Kier alpha value is -3.60. The number of carbonyl (C=O) groups is 2. The highest BCUT2D eigenvalue weighted by atomic mass is 32.2. The van der Waals surface area contributed by atoms with E-state index in [4.69, 9.17) is 5.73 Å². The van der Waals surface area contributed by atoms with Crippen LogP contribution in [0.15, 0.2) is 47.4 Å². The van der Waals surface area contributed by atoms with Gasteiger partial charge in [0.05, 0.1) is 27.7 Å². The number of likely N-dealkylation sites (tertiary alicyclic amines) is 1. The highest BCUT2D eigenvalue weighted by molar-refractivity contribution is 7.84. The van der Waals surface area contributed by atoms with E-state index in [0.717, 1.165) is 24.1 Å². The normalized spacial score (nSPS) is 17.2. The molecule has 1 unspecified atom stereocenters. The predicted octanol–water partition coefficient (Wildman–Crippen LogP) is 3.31. The molecule has 0 saturated carbocycles. The third kappa shape index (κ3) is 5.20. The first-order valence-corrected chi connectivity index (χ1v) is 13.6. The maximum Gasteiger partial charge on any atom is 0.256 e. The summed E-state index contributed by atoms with van der Waals surface area (Å²) in [6.07, 6.45) is 3.29. The molecule has 3 aromatic rings. The number of carbonyl (C=O) groups excluding carboxylic acids is 2. The summed E-state index contributed by atoms with van der Waals surface area (Å²) in [5.41, 5.74) is 10.8. The molecule has 6 N–H and O–H groups in total. The van der Waals surface area contributed by atoms with Crippen LogP contribution in [-0.2, 0) is 21.3 Å². The van der Waals surface area contributed by atoms with Crippen LogP contribution in [0.3, 0.4) is 0 Å². The average molecular weight is 539 g/mol. The van der Waals surface area contributed by atoms with Crippen molar-refractivity contribution in [2.24, 2.45) is 5.73 Å². The Morgan fingerprint density at radius 1 is 1.18 bits per heavy atom. The summed E-state index contributed by atoms with van der Waals surface area (Å²) in [6, 6.07) is 11.5. The molecule has 8 nitrogen and oxygen atoms in total. The molecule has 0 spiro atoms. The molecule has 1 saturated heterocycles. The molecule has 1 aromatic heterocycles. The molecule has 3 heterocycles. The summed E-state index contributed by atoms with van der Waals surface area (Å²) in [5, 5.41) is 2.85. The zero-order valence-corrected chi connectivity index (χ0v) is 22.1. The molecule has 0 radical (unpaired) electrons. The number of nitrogens with two attached hydrogens (primary N) is 1. The minimum Gasteiger partial charge on any atom is -0.412 e. The monoisotopic (exact) mass is 538 g/mol. The number of nitrogens with one attached hydrogen (secondary N) is 2. The van der Waals surface area contributed by atoms with Gasteiger partial charge in [-0.25, -0.2) is 4.39 Å². The molecule has 2 aromatic carbocycles. The van der Waals surface area contributed by atoms with Crippen LogP contribution in [0.4, 0.5) is 10.1 Å². The number of fused-ring (bicyclic) bond motifs is 1. The number of rotatable bonds is 5. The number of aromatic amines is 1. The molecule has 5 rings (SSSR count). The van der Waals surface area contributed by atoms with Gasteiger partial charge in [0.1, 0.15) is 5.82 Å². The number of halogens is 1. The lowest BCUT2D eigenvalue weighted by Gasteiger charge is -2.30. The fourth-order valence-corrected chi connectivity index (χ4v) is 6.09. The number of aryl methyl sites for hydroxylation is 1. The van der Waals surface area contributed by atoms with Gasteiger partial charge in [-0.3, -0.25) is 13.8 Å². The molecule has 200 valence electrons. The predicted molar refractivity (Wildman–Crippen MR) is 146 cm³/mol. The number of benzene rings is 2. The zero-order valence-electron chi connectivity index (χ0n) is 21.3. The fraction of sp³-hybridized carbons (Fsp3) is 0.286. The summed E-state index contributed by atoms with van der Waals surface area (Å²) in [5.74, 6) is -0.681. The van der Waals surface area contributed by atoms with E-state index in [0.29, 0.717) is 51.6 Å². The van der Waals surface area contributed by atoms with Gasteiger partial charge in [0.25, 0.3) is 11.8 Å². The van der Waals surface area contributed by atoms with E-state index in [1.807, 2.05) is 18.7 Å². The quantitative estimate of drug-likeness (QED) is 0.429. The van der Waals surface area contributed by atoms with Crippen molar-refractivity contribution in [2.45, 2.75) is 43.4 Å². The Morgan fingerprint density at radius 3 is 2.61 bits per heavy atom. The van der Waals surface area contributed by atoms with Crippen molar-refractivity contribution in [1.82, 2.24) is 9.88 Å². The smallest absolute Gasteiger partial charge is 0.256 e. The lowest BCUT2D eigenvalue weighted by molar-refractivity contribution is -0.110. The highest BCUT2D eigenvalue weighted by Crippen LogP contribution is 2.36. The molecule has 10 heteroatoms. The van der Waals surface area contributed by atoms with E-state index in [1.165, 1.54) is 6.07 Å². The number of hydrogen-bond acceptors (Lipinski definition) is 4. The lowest BCUT2D eigenvalue weighted by atomic mass is 10.0. The second-order valence-corrected chi connectivity index (χ2v) is 11.0. The number of anilines is 1. The summed E-state index contributed by atoms with van der Waals surface area (Å²) >= 11 is 0. The molecule has 1 fully saturated rings. The Morgan fingerprint density at radius 2 is 1.89 bits per heavy atom.